The minimum atomic E-state index is -2.79. The second-order valence-corrected chi connectivity index (χ2v) is 2.47. The summed E-state index contributed by atoms with van der Waals surface area (Å²) in [5, 5.41) is 41.6. The van der Waals surface area contributed by atoms with Gasteiger partial charge in [0.2, 0.25) is 6.29 Å². The van der Waals surface area contributed by atoms with E-state index in [2.05, 4.69) is 0 Å². The largest absolute Gasteiger partial charge is 0.362 e. The van der Waals surface area contributed by atoms with Crippen molar-refractivity contribution in [2.75, 3.05) is 0 Å². The van der Waals surface area contributed by atoms with Gasteiger partial charge in [-0.2, -0.15) is 0 Å². The van der Waals surface area contributed by atoms with Crippen LogP contribution >= 0.6 is 0 Å². The molecule has 0 rings (SSSR count). The lowest BCUT2D eigenvalue weighted by Gasteiger charge is -2.12. The van der Waals surface area contributed by atoms with Gasteiger partial charge in [0, 0.05) is 12.8 Å². The molecule has 5 N–H and O–H groups in total. The molecule has 0 unspecified atom stereocenters. The zero-order valence-corrected chi connectivity index (χ0v) is 6.34. The van der Waals surface area contributed by atoms with Crippen LogP contribution in [0.4, 0.5) is 0 Å². The molecule has 12 heavy (non-hydrogen) atoms. The van der Waals surface area contributed by atoms with Crippen LogP contribution in [0.1, 0.15) is 19.3 Å². The third kappa shape index (κ3) is 6.20. The maximum atomic E-state index is 10.5. The molecule has 0 aromatic rings. The fourth-order valence-corrected chi connectivity index (χ4v) is 0.629. The van der Waals surface area contributed by atoms with Crippen molar-refractivity contribution in [1.82, 2.24) is 0 Å². The summed E-state index contributed by atoms with van der Waals surface area (Å²) in [6.07, 6.45) is -2.69. The van der Waals surface area contributed by atoms with Gasteiger partial charge in [-0.1, -0.05) is 0 Å². The highest BCUT2D eigenvalue weighted by atomic mass is 16.7. The maximum absolute atomic E-state index is 10.5. The molecule has 0 radical (unpaired) electrons. The number of carbonyl (C=O) groups is 1. The lowest BCUT2D eigenvalue weighted by Crippen LogP contribution is -2.27. The van der Waals surface area contributed by atoms with Gasteiger partial charge in [0.1, 0.15) is 0 Å². The minimum absolute atomic E-state index is 0.0278. The third-order valence-corrected chi connectivity index (χ3v) is 1.22. The van der Waals surface area contributed by atoms with Gasteiger partial charge in [0.25, 0.3) is 5.97 Å². The van der Waals surface area contributed by atoms with E-state index in [-0.39, 0.29) is 12.8 Å². The van der Waals surface area contributed by atoms with Crippen molar-refractivity contribution in [1.29, 1.82) is 0 Å². The van der Waals surface area contributed by atoms with Gasteiger partial charge in [0.05, 0.1) is 0 Å². The molecule has 0 aromatic carbocycles. The number of hydrogen-bond donors (Lipinski definition) is 5. The molecule has 0 aliphatic heterocycles. The number of rotatable bonds is 5. The number of carbonyl (C=O) groups excluding carboxylic acids is 1. The standard InChI is InChI=1S/C6H12O6/c7-4(5(8)9)2-1-3-6(10,11)12/h5,8-12H,1-3H2. The monoisotopic (exact) mass is 180 g/mol. The maximum Gasteiger partial charge on any atom is 0.275 e. The summed E-state index contributed by atoms with van der Waals surface area (Å²) >= 11 is 0. The first-order chi connectivity index (χ1) is 5.33. The molecule has 0 atom stereocenters. The van der Waals surface area contributed by atoms with E-state index >= 15 is 0 Å². The Morgan fingerprint density at radius 3 is 2.08 bits per heavy atom. The van der Waals surface area contributed by atoms with Crippen molar-refractivity contribution in [2.24, 2.45) is 0 Å². The number of ketones is 1. The molecule has 6 nitrogen and oxygen atoms in total. The summed E-state index contributed by atoms with van der Waals surface area (Å²) in [7, 11) is 0. The van der Waals surface area contributed by atoms with E-state index in [9.17, 15) is 4.79 Å². The van der Waals surface area contributed by atoms with Gasteiger partial charge in [-0.15, -0.1) is 0 Å². The van der Waals surface area contributed by atoms with Gasteiger partial charge >= 0.3 is 0 Å². The van der Waals surface area contributed by atoms with Gasteiger partial charge in [-0.05, 0) is 6.42 Å². The fraction of sp³-hybridized carbons (Fsp3) is 0.833. The van der Waals surface area contributed by atoms with Gasteiger partial charge < -0.3 is 25.5 Å². The Morgan fingerprint density at radius 2 is 1.75 bits per heavy atom. The van der Waals surface area contributed by atoms with E-state index in [0.717, 1.165) is 0 Å². The summed E-state index contributed by atoms with van der Waals surface area (Å²) in [5.41, 5.74) is 0. The van der Waals surface area contributed by atoms with Gasteiger partial charge in [-0.3, -0.25) is 4.79 Å². The summed E-state index contributed by atoms with van der Waals surface area (Å²) in [6, 6.07) is 0. The lowest BCUT2D eigenvalue weighted by atomic mass is 10.1. The Labute approximate surface area is 68.7 Å². The topological polar surface area (TPSA) is 118 Å². The van der Waals surface area contributed by atoms with E-state index < -0.39 is 24.5 Å². The highest BCUT2D eigenvalue weighted by Gasteiger charge is 2.19. The van der Waals surface area contributed by atoms with Crippen molar-refractivity contribution in [3.8, 4) is 0 Å². The molecule has 0 fully saturated rings. The summed E-state index contributed by atoms with van der Waals surface area (Å²) in [5.74, 6) is -3.61. The van der Waals surface area contributed by atoms with E-state index in [1.54, 1.807) is 0 Å². The fourth-order valence-electron chi connectivity index (χ4n) is 0.629. The van der Waals surface area contributed by atoms with Crippen molar-refractivity contribution >= 4 is 5.78 Å². The summed E-state index contributed by atoms with van der Waals surface area (Å²) in [6.45, 7) is 0. The van der Waals surface area contributed by atoms with Crippen LogP contribution in [-0.4, -0.2) is 43.6 Å². The van der Waals surface area contributed by atoms with E-state index in [0.29, 0.717) is 0 Å². The highest BCUT2D eigenvalue weighted by molar-refractivity contribution is 5.81. The van der Waals surface area contributed by atoms with Gasteiger partial charge in [-0.25, -0.2) is 0 Å². The van der Waals surface area contributed by atoms with Crippen LogP contribution in [0.3, 0.4) is 0 Å². The van der Waals surface area contributed by atoms with Crippen molar-refractivity contribution < 1.29 is 30.3 Å². The van der Waals surface area contributed by atoms with Crippen LogP contribution in [-0.2, 0) is 4.79 Å². The quantitative estimate of drug-likeness (QED) is 0.303. The van der Waals surface area contributed by atoms with Crippen LogP contribution in [0.5, 0.6) is 0 Å². The Bertz CT molecular complexity index is 147. The molecule has 0 aliphatic rings. The Balaban J connectivity index is 3.51. The van der Waals surface area contributed by atoms with Crippen LogP contribution in [0.15, 0.2) is 0 Å². The van der Waals surface area contributed by atoms with Crippen LogP contribution in [0.25, 0.3) is 0 Å². The van der Waals surface area contributed by atoms with Crippen molar-refractivity contribution in [2.45, 2.75) is 31.5 Å². The first-order valence-corrected chi connectivity index (χ1v) is 3.39. The molecule has 6 heteroatoms. The molecule has 0 bridgehead atoms. The van der Waals surface area contributed by atoms with E-state index in [1.165, 1.54) is 0 Å². The first-order valence-electron chi connectivity index (χ1n) is 3.39. The average Bonchev–Trinajstić information content (AvgIpc) is 1.84. The Kier molecular flexibility index (Phi) is 4.29. The predicted molar refractivity (Wildman–Crippen MR) is 36.5 cm³/mol. The second-order valence-electron chi connectivity index (χ2n) is 2.47. The van der Waals surface area contributed by atoms with Crippen molar-refractivity contribution in [3.63, 3.8) is 0 Å². The molecular formula is C6H12O6. The molecule has 0 saturated heterocycles. The number of aliphatic hydroxyl groups is 5. The van der Waals surface area contributed by atoms with Crippen LogP contribution in [0.2, 0.25) is 0 Å². The van der Waals surface area contributed by atoms with E-state index in [1.807, 2.05) is 0 Å². The molecule has 0 heterocycles. The van der Waals surface area contributed by atoms with Gasteiger partial charge in [0.15, 0.2) is 5.78 Å². The smallest absolute Gasteiger partial charge is 0.275 e. The molecule has 72 valence electrons. The molecule has 0 amide bonds. The van der Waals surface area contributed by atoms with Crippen LogP contribution in [0, 0.1) is 0 Å². The third-order valence-electron chi connectivity index (χ3n) is 1.22. The molecule has 0 saturated carbocycles. The average molecular weight is 180 g/mol. The highest BCUT2D eigenvalue weighted by Crippen LogP contribution is 2.07. The minimum Gasteiger partial charge on any atom is -0.362 e. The SMILES string of the molecule is O=C(CCCC(O)(O)O)C(O)O. The lowest BCUT2D eigenvalue weighted by molar-refractivity contribution is -0.314. The second kappa shape index (κ2) is 4.48. The summed E-state index contributed by atoms with van der Waals surface area (Å²) in [4.78, 5) is 10.5. The number of hydrogen-bond acceptors (Lipinski definition) is 6. The van der Waals surface area contributed by atoms with Crippen LogP contribution < -0.4 is 0 Å². The Morgan fingerprint density at radius 1 is 1.25 bits per heavy atom. The first kappa shape index (κ1) is 11.5. The summed E-state index contributed by atoms with van der Waals surface area (Å²) < 4.78 is 0. The normalized spacial score (nSPS) is 12.2. The van der Waals surface area contributed by atoms with Crippen molar-refractivity contribution in [3.05, 3.63) is 0 Å². The Hall–Kier alpha value is -0.530. The zero-order chi connectivity index (χ0) is 9.78. The number of Topliss-reactive ketones (excluding diaryl/α,β-unsaturated/α-hetero) is 1. The molecular weight excluding hydrogens is 168 g/mol. The molecule has 0 aliphatic carbocycles. The molecule has 0 spiro atoms. The zero-order valence-electron chi connectivity index (χ0n) is 6.34. The number of aliphatic hydroxyl groups excluding tert-OH is 1. The molecule has 0 aromatic heterocycles. The van der Waals surface area contributed by atoms with E-state index in [4.69, 9.17) is 25.5 Å². The predicted octanol–water partition coefficient (Wildman–Crippen LogP) is -2.33.